The van der Waals surface area contributed by atoms with Crippen molar-refractivity contribution in [1.29, 1.82) is 0 Å². The number of guanidine groups is 1. The number of allylic oxidation sites excluding steroid dienone is 1. The molecule has 1 aromatic carbocycles. The minimum atomic E-state index is -0.567. The minimum Gasteiger partial charge on any atom is -0.368 e. The van der Waals surface area contributed by atoms with E-state index in [1.54, 1.807) is 17.7 Å². The van der Waals surface area contributed by atoms with Crippen molar-refractivity contribution in [2.75, 3.05) is 19.6 Å². The predicted molar refractivity (Wildman–Crippen MR) is 112 cm³/mol. The summed E-state index contributed by atoms with van der Waals surface area (Å²) in [5.41, 5.74) is 8.06. The van der Waals surface area contributed by atoms with Crippen LogP contribution >= 0.6 is 0 Å². The summed E-state index contributed by atoms with van der Waals surface area (Å²) in [6.07, 6.45) is 8.47. The second-order valence-electron chi connectivity index (χ2n) is 6.83. The molecule has 0 heterocycles. The van der Waals surface area contributed by atoms with Crippen LogP contribution in [-0.4, -0.2) is 37.4 Å². The van der Waals surface area contributed by atoms with E-state index in [4.69, 9.17) is 5.73 Å². The lowest BCUT2D eigenvalue weighted by molar-refractivity contribution is -0.117. The van der Waals surface area contributed by atoms with Gasteiger partial charge in [-0.25, -0.2) is 4.99 Å². The fourth-order valence-corrected chi connectivity index (χ4v) is 3.02. The molecule has 1 aromatic rings. The fourth-order valence-electron chi connectivity index (χ4n) is 3.02. The molecule has 152 valence electrons. The van der Waals surface area contributed by atoms with E-state index in [0.717, 1.165) is 31.0 Å². The highest BCUT2D eigenvalue weighted by atomic mass is 16.2. The maximum atomic E-state index is 11.9. The van der Waals surface area contributed by atoms with Crippen molar-refractivity contribution >= 4 is 17.8 Å². The third-order valence-electron chi connectivity index (χ3n) is 4.53. The van der Waals surface area contributed by atoms with Crippen molar-refractivity contribution in [3.63, 3.8) is 0 Å². The Balaban J connectivity index is 1.84. The number of hydrogen-bond donors (Lipinski definition) is 4. The number of rotatable bonds is 9. The van der Waals surface area contributed by atoms with Gasteiger partial charge in [0.25, 0.3) is 5.91 Å². The molecule has 28 heavy (non-hydrogen) atoms. The van der Waals surface area contributed by atoms with Crippen LogP contribution in [-0.2, 0) is 11.3 Å². The van der Waals surface area contributed by atoms with Crippen molar-refractivity contribution in [2.24, 2.45) is 10.7 Å². The van der Waals surface area contributed by atoms with Crippen LogP contribution in [0.25, 0.3) is 0 Å². The lowest BCUT2D eigenvalue weighted by Crippen LogP contribution is -2.37. The number of nitrogens with one attached hydrogen (secondary N) is 3. The molecule has 1 aliphatic rings. The standard InChI is InChI=1S/C21H31N5O2/c1-2-23-21(24-13-12-16-6-4-3-5-7-16)26-14-17-8-10-18(11-9-17)20(28)25-15-19(22)27/h6,8-11H,2-5,7,12-15H2,1H3,(H2,22,27)(H,25,28)(H2,23,24,26). The van der Waals surface area contributed by atoms with Gasteiger partial charge in [-0.15, -0.1) is 0 Å². The first-order valence-corrected chi connectivity index (χ1v) is 9.94. The number of aliphatic imine (C=N–C) groups is 1. The van der Waals surface area contributed by atoms with Crippen LogP contribution in [0, 0.1) is 0 Å². The molecular formula is C21H31N5O2. The summed E-state index contributed by atoms with van der Waals surface area (Å²) < 4.78 is 0. The Morgan fingerprint density at radius 2 is 1.89 bits per heavy atom. The van der Waals surface area contributed by atoms with Crippen molar-refractivity contribution in [3.05, 3.63) is 47.0 Å². The number of nitrogens with zero attached hydrogens (tertiary/aromatic N) is 1. The maximum absolute atomic E-state index is 11.9. The van der Waals surface area contributed by atoms with E-state index in [0.29, 0.717) is 12.1 Å². The van der Waals surface area contributed by atoms with Gasteiger partial charge in [0.15, 0.2) is 5.96 Å². The number of benzene rings is 1. The van der Waals surface area contributed by atoms with Gasteiger partial charge >= 0.3 is 0 Å². The Kier molecular flexibility index (Phi) is 9.04. The summed E-state index contributed by atoms with van der Waals surface area (Å²) >= 11 is 0. The SMILES string of the molecule is CCNC(=NCc1ccc(C(=O)NCC(N)=O)cc1)NCCC1=CCCCC1. The van der Waals surface area contributed by atoms with E-state index in [-0.39, 0.29) is 12.5 Å². The Morgan fingerprint density at radius 3 is 2.54 bits per heavy atom. The molecule has 0 spiro atoms. The van der Waals surface area contributed by atoms with E-state index < -0.39 is 5.91 Å². The van der Waals surface area contributed by atoms with E-state index in [2.05, 4.69) is 27.0 Å². The lowest BCUT2D eigenvalue weighted by Gasteiger charge is -2.15. The molecule has 2 rings (SSSR count). The van der Waals surface area contributed by atoms with Crippen LogP contribution < -0.4 is 21.7 Å². The molecule has 2 amide bonds. The average Bonchev–Trinajstić information content (AvgIpc) is 2.71. The van der Waals surface area contributed by atoms with Crippen LogP contribution in [0.3, 0.4) is 0 Å². The van der Waals surface area contributed by atoms with Crippen LogP contribution in [0.4, 0.5) is 0 Å². The average molecular weight is 386 g/mol. The molecule has 7 nitrogen and oxygen atoms in total. The largest absolute Gasteiger partial charge is 0.368 e. The third kappa shape index (κ3) is 7.82. The maximum Gasteiger partial charge on any atom is 0.251 e. The number of nitrogens with two attached hydrogens (primary N) is 1. The Hall–Kier alpha value is -2.83. The van der Waals surface area contributed by atoms with Gasteiger partial charge in [-0.05, 0) is 56.7 Å². The van der Waals surface area contributed by atoms with E-state index >= 15 is 0 Å². The van der Waals surface area contributed by atoms with Crippen LogP contribution in [0.15, 0.2) is 40.9 Å². The summed E-state index contributed by atoms with van der Waals surface area (Å²) in [5, 5.41) is 9.11. The first-order valence-electron chi connectivity index (χ1n) is 9.94. The van der Waals surface area contributed by atoms with E-state index in [1.807, 2.05) is 19.1 Å². The van der Waals surface area contributed by atoms with Crippen molar-refractivity contribution in [1.82, 2.24) is 16.0 Å². The van der Waals surface area contributed by atoms with Crippen LogP contribution in [0.5, 0.6) is 0 Å². The van der Waals surface area contributed by atoms with Gasteiger partial charge < -0.3 is 21.7 Å². The molecule has 0 bridgehead atoms. The molecule has 0 aliphatic heterocycles. The predicted octanol–water partition coefficient (Wildman–Crippen LogP) is 1.85. The second kappa shape index (κ2) is 11.8. The van der Waals surface area contributed by atoms with Crippen molar-refractivity contribution in [3.8, 4) is 0 Å². The zero-order valence-electron chi connectivity index (χ0n) is 16.6. The molecule has 0 saturated carbocycles. The van der Waals surface area contributed by atoms with Gasteiger partial charge in [0, 0.05) is 18.7 Å². The molecule has 5 N–H and O–H groups in total. The molecule has 0 aromatic heterocycles. The quantitative estimate of drug-likeness (QED) is 0.295. The molecule has 0 atom stereocenters. The summed E-state index contributed by atoms with van der Waals surface area (Å²) in [7, 11) is 0. The molecular weight excluding hydrogens is 354 g/mol. The first-order chi connectivity index (χ1) is 13.6. The normalized spacial score (nSPS) is 14.2. The number of hydrogen-bond acceptors (Lipinski definition) is 3. The zero-order chi connectivity index (χ0) is 20.2. The highest BCUT2D eigenvalue weighted by molar-refractivity contribution is 5.96. The monoisotopic (exact) mass is 385 g/mol. The van der Waals surface area contributed by atoms with Crippen LogP contribution in [0.2, 0.25) is 0 Å². The minimum absolute atomic E-state index is 0.167. The Labute approximate surface area is 166 Å². The summed E-state index contributed by atoms with van der Waals surface area (Å²) in [6.45, 7) is 4.06. The lowest BCUT2D eigenvalue weighted by atomic mass is 9.97. The van der Waals surface area contributed by atoms with E-state index in [9.17, 15) is 9.59 Å². The third-order valence-corrected chi connectivity index (χ3v) is 4.53. The fraction of sp³-hybridized carbons (Fsp3) is 0.476. The van der Waals surface area contributed by atoms with Gasteiger partial charge in [-0.1, -0.05) is 23.8 Å². The Bertz CT molecular complexity index is 710. The van der Waals surface area contributed by atoms with Crippen molar-refractivity contribution in [2.45, 2.75) is 45.6 Å². The highest BCUT2D eigenvalue weighted by Gasteiger charge is 2.07. The number of primary amides is 1. The van der Waals surface area contributed by atoms with Crippen molar-refractivity contribution < 1.29 is 9.59 Å². The topological polar surface area (TPSA) is 109 Å². The molecule has 0 fully saturated rings. The highest BCUT2D eigenvalue weighted by Crippen LogP contribution is 2.19. The number of amides is 2. The second-order valence-corrected chi connectivity index (χ2v) is 6.83. The molecule has 1 aliphatic carbocycles. The smallest absolute Gasteiger partial charge is 0.251 e. The summed E-state index contributed by atoms with van der Waals surface area (Å²) in [6, 6.07) is 7.16. The van der Waals surface area contributed by atoms with Gasteiger partial charge in [0.2, 0.25) is 5.91 Å². The van der Waals surface area contributed by atoms with Gasteiger partial charge in [0.05, 0.1) is 13.1 Å². The van der Waals surface area contributed by atoms with Gasteiger partial charge in [0.1, 0.15) is 0 Å². The molecule has 0 unspecified atom stereocenters. The molecule has 0 radical (unpaired) electrons. The number of carbonyl (C=O) groups is 2. The van der Waals surface area contributed by atoms with E-state index in [1.165, 1.54) is 25.7 Å². The molecule has 7 heteroatoms. The number of carbonyl (C=O) groups excluding carboxylic acids is 2. The van der Waals surface area contributed by atoms with Crippen LogP contribution in [0.1, 0.15) is 54.9 Å². The van der Waals surface area contributed by atoms with Gasteiger partial charge in [-0.3, -0.25) is 9.59 Å². The zero-order valence-corrected chi connectivity index (χ0v) is 16.6. The summed E-state index contributed by atoms with van der Waals surface area (Å²) in [5.74, 6) is -0.0920. The summed E-state index contributed by atoms with van der Waals surface area (Å²) in [4.78, 5) is 27.2. The molecule has 0 saturated heterocycles. The van der Waals surface area contributed by atoms with Gasteiger partial charge in [-0.2, -0.15) is 0 Å². The first kappa shape index (κ1) is 21.5. The Morgan fingerprint density at radius 1 is 1.11 bits per heavy atom.